The Hall–Kier alpha value is -6.07. The van der Waals surface area contributed by atoms with Gasteiger partial charge < -0.3 is 10.0 Å². The van der Waals surface area contributed by atoms with E-state index < -0.39 is 23.8 Å². The van der Waals surface area contributed by atoms with E-state index in [-0.39, 0.29) is 24.7 Å². The summed E-state index contributed by atoms with van der Waals surface area (Å²) < 4.78 is 2.02. The van der Waals surface area contributed by atoms with Crippen molar-refractivity contribution in [2.45, 2.75) is 56.5 Å². The number of amides is 4. The molecule has 3 aliphatic heterocycles. The summed E-state index contributed by atoms with van der Waals surface area (Å²) in [7, 11) is 0. The summed E-state index contributed by atoms with van der Waals surface area (Å²) in [6.07, 6.45) is 7.25. The fraction of sp³-hybridized carbons (Fsp3) is 0.311. The lowest BCUT2D eigenvalue weighted by Gasteiger charge is -2.36. The van der Waals surface area contributed by atoms with Gasteiger partial charge in [0.1, 0.15) is 11.8 Å². The first kappa shape index (κ1) is 35.6. The molecule has 1 unspecified atom stereocenters. The third-order valence-corrected chi connectivity index (χ3v) is 12.1. The fourth-order valence-electron chi connectivity index (χ4n) is 9.14. The van der Waals surface area contributed by atoms with Crippen molar-refractivity contribution < 1.29 is 24.3 Å². The molecule has 11 nitrogen and oxygen atoms in total. The van der Waals surface area contributed by atoms with E-state index in [0.717, 1.165) is 80.2 Å². The summed E-state index contributed by atoms with van der Waals surface area (Å²) in [4.78, 5) is 56.1. The molecule has 0 bridgehead atoms. The van der Waals surface area contributed by atoms with Crippen molar-refractivity contribution in [3.63, 3.8) is 0 Å². The maximum Gasteiger partial charge on any atom is 0.262 e. The van der Waals surface area contributed by atoms with Gasteiger partial charge in [-0.2, -0.15) is 5.10 Å². The highest BCUT2D eigenvalue weighted by Crippen LogP contribution is 2.47. The number of anilines is 1. The number of carbonyl (C=O) groups is 4. The normalized spacial score (nSPS) is 21.2. The predicted octanol–water partition coefficient (Wildman–Crippen LogP) is 5.73. The van der Waals surface area contributed by atoms with Gasteiger partial charge in [0.25, 0.3) is 11.8 Å². The number of nitrogens with one attached hydrogen (secondary N) is 1. The Kier molecular flexibility index (Phi) is 9.46. The van der Waals surface area contributed by atoms with Gasteiger partial charge in [0, 0.05) is 69.1 Å². The second-order valence-corrected chi connectivity index (χ2v) is 15.4. The van der Waals surface area contributed by atoms with Crippen molar-refractivity contribution in [1.29, 1.82) is 0 Å². The molecule has 2 N–H and O–H groups in total. The van der Waals surface area contributed by atoms with E-state index in [4.69, 9.17) is 0 Å². The monoisotopic (exact) mass is 748 g/mol. The first-order valence-electron chi connectivity index (χ1n) is 19.6. The van der Waals surface area contributed by atoms with Crippen LogP contribution >= 0.6 is 0 Å². The van der Waals surface area contributed by atoms with E-state index in [2.05, 4.69) is 87.1 Å². The topological polar surface area (TPSA) is 128 Å². The van der Waals surface area contributed by atoms with Crippen molar-refractivity contribution in [2.24, 2.45) is 0 Å². The van der Waals surface area contributed by atoms with E-state index in [1.165, 1.54) is 22.3 Å². The van der Waals surface area contributed by atoms with Crippen molar-refractivity contribution >= 4 is 29.3 Å². The molecular formula is C45H44N6O5. The Labute approximate surface area is 325 Å². The molecule has 4 aliphatic rings. The largest absolute Gasteiger partial charge is 0.508 e. The molecule has 4 amide bonds. The molecule has 2 saturated heterocycles. The molecule has 2 fully saturated rings. The molecular weight excluding hydrogens is 705 g/mol. The van der Waals surface area contributed by atoms with Crippen LogP contribution in [0.25, 0.3) is 11.1 Å². The first-order chi connectivity index (χ1) is 27.3. The molecule has 284 valence electrons. The van der Waals surface area contributed by atoms with Crippen LogP contribution in [0, 0.1) is 0 Å². The summed E-state index contributed by atoms with van der Waals surface area (Å²) in [5.74, 6) is -1.06. The Bertz CT molecular complexity index is 2310. The number of aryl methyl sites for hydroxylation is 2. The van der Waals surface area contributed by atoms with Gasteiger partial charge >= 0.3 is 0 Å². The number of carbonyl (C=O) groups excluding carboxylic acids is 4. The van der Waals surface area contributed by atoms with Gasteiger partial charge in [-0.15, -0.1) is 0 Å². The molecule has 3 atom stereocenters. The summed E-state index contributed by atoms with van der Waals surface area (Å²) in [5, 5.41) is 17.1. The minimum atomic E-state index is -0.968. The minimum Gasteiger partial charge on any atom is -0.508 e. The number of benzene rings is 4. The average Bonchev–Trinajstić information content (AvgIpc) is 3.79. The molecule has 11 heteroatoms. The standard InChI is InChI=1S/C45H44N6O5/c52-35-13-16-37-32(25-35)11-14-36(30-5-2-1-3-6-30)42(37)31-9-7-29(8-10-31)33-27-46-50(28-33)20-4-19-48-21-23-49(24-22-48)34-12-15-38-39(26-34)45(56)51(44(38)55)40-17-18-41(53)47-43(40)54/h1-3,5-10,12-13,15-16,25-28,36,40,42,52H,4,11,14,17-24H2,(H,47,53,54)/t36-,40?,42+/m1/s1. The van der Waals surface area contributed by atoms with Crippen LogP contribution in [0.4, 0.5) is 5.69 Å². The highest BCUT2D eigenvalue weighted by atomic mass is 16.3. The number of piperazine rings is 1. The van der Waals surface area contributed by atoms with Crippen LogP contribution in [0.2, 0.25) is 0 Å². The average molecular weight is 749 g/mol. The molecule has 4 heterocycles. The Morgan fingerprint density at radius 3 is 2.30 bits per heavy atom. The third kappa shape index (κ3) is 6.76. The summed E-state index contributed by atoms with van der Waals surface area (Å²) in [5.41, 5.74) is 8.86. The van der Waals surface area contributed by atoms with Gasteiger partial charge in [-0.05, 0) is 89.8 Å². The number of fused-ring (bicyclic) bond motifs is 2. The van der Waals surface area contributed by atoms with Crippen LogP contribution in [0.1, 0.15) is 80.5 Å². The van der Waals surface area contributed by atoms with E-state index >= 15 is 0 Å². The van der Waals surface area contributed by atoms with Gasteiger partial charge in [0.2, 0.25) is 11.8 Å². The summed E-state index contributed by atoms with van der Waals surface area (Å²) >= 11 is 0. The van der Waals surface area contributed by atoms with Crippen LogP contribution in [-0.2, 0) is 22.6 Å². The molecule has 56 heavy (non-hydrogen) atoms. The summed E-state index contributed by atoms with van der Waals surface area (Å²) in [6, 6.07) is 29.9. The van der Waals surface area contributed by atoms with E-state index in [1.54, 1.807) is 12.1 Å². The summed E-state index contributed by atoms with van der Waals surface area (Å²) in [6.45, 7) is 5.09. The molecule has 1 aliphatic carbocycles. The van der Waals surface area contributed by atoms with E-state index in [0.29, 0.717) is 22.8 Å². The number of phenols is 1. The van der Waals surface area contributed by atoms with Crippen LogP contribution < -0.4 is 10.2 Å². The lowest BCUT2D eigenvalue weighted by atomic mass is 9.69. The van der Waals surface area contributed by atoms with Crippen molar-refractivity contribution in [3.8, 4) is 16.9 Å². The van der Waals surface area contributed by atoms with Crippen LogP contribution in [0.15, 0.2) is 103 Å². The van der Waals surface area contributed by atoms with Gasteiger partial charge in [0.05, 0.1) is 17.3 Å². The van der Waals surface area contributed by atoms with Gasteiger partial charge in [0.15, 0.2) is 0 Å². The van der Waals surface area contributed by atoms with Crippen LogP contribution in [-0.4, -0.2) is 87.1 Å². The Morgan fingerprint density at radius 1 is 0.732 bits per heavy atom. The number of piperidine rings is 1. The lowest BCUT2D eigenvalue weighted by Crippen LogP contribution is -2.54. The molecule has 9 rings (SSSR count). The smallest absolute Gasteiger partial charge is 0.262 e. The molecule has 5 aromatic rings. The maximum atomic E-state index is 13.3. The Morgan fingerprint density at radius 2 is 1.52 bits per heavy atom. The predicted molar refractivity (Wildman–Crippen MR) is 212 cm³/mol. The third-order valence-electron chi connectivity index (χ3n) is 12.1. The zero-order valence-corrected chi connectivity index (χ0v) is 31.1. The number of rotatable bonds is 9. The van der Waals surface area contributed by atoms with Crippen LogP contribution in [0.5, 0.6) is 5.75 Å². The van der Waals surface area contributed by atoms with Gasteiger partial charge in [-0.25, -0.2) is 0 Å². The second kappa shape index (κ2) is 14.9. The maximum absolute atomic E-state index is 13.3. The van der Waals surface area contributed by atoms with E-state index in [1.807, 2.05) is 29.1 Å². The SMILES string of the molecule is O=C1CCC(N2C(=O)c3ccc(N4CCN(CCCn5cc(-c6ccc([C@@H]7c8ccc(O)cc8CC[C@@H]7c7ccccc7)cc6)cn5)CC4)cc3C2=O)C(=O)N1. The Balaban J connectivity index is 0.790. The van der Waals surface area contributed by atoms with Gasteiger partial charge in [-0.1, -0.05) is 60.7 Å². The quantitative estimate of drug-likeness (QED) is 0.183. The molecule has 0 spiro atoms. The highest BCUT2D eigenvalue weighted by molar-refractivity contribution is 6.23. The second-order valence-electron chi connectivity index (χ2n) is 15.4. The molecule has 0 saturated carbocycles. The van der Waals surface area contributed by atoms with E-state index in [9.17, 15) is 24.3 Å². The zero-order chi connectivity index (χ0) is 38.3. The number of phenolic OH excluding ortho intramolecular Hbond substituents is 1. The minimum absolute atomic E-state index is 0.0959. The lowest BCUT2D eigenvalue weighted by molar-refractivity contribution is -0.136. The number of nitrogens with zero attached hydrogens (tertiary/aromatic N) is 5. The number of aromatic nitrogens is 2. The van der Waals surface area contributed by atoms with Crippen molar-refractivity contribution in [2.75, 3.05) is 37.6 Å². The fourth-order valence-corrected chi connectivity index (χ4v) is 9.14. The first-order valence-corrected chi connectivity index (χ1v) is 19.6. The van der Waals surface area contributed by atoms with Crippen molar-refractivity contribution in [1.82, 2.24) is 24.9 Å². The number of hydrogen-bond acceptors (Lipinski definition) is 8. The molecule has 4 aromatic carbocycles. The number of aromatic hydroxyl groups is 1. The zero-order valence-electron chi connectivity index (χ0n) is 31.1. The molecule has 0 radical (unpaired) electrons. The number of imide groups is 2. The highest BCUT2D eigenvalue weighted by Gasteiger charge is 2.45. The van der Waals surface area contributed by atoms with Gasteiger partial charge in [-0.3, -0.25) is 39.0 Å². The van der Waals surface area contributed by atoms with Crippen molar-refractivity contribution in [3.05, 3.63) is 137 Å². The van der Waals surface area contributed by atoms with Crippen LogP contribution in [0.3, 0.4) is 0 Å². The molecule has 1 aromatic heterocycles. The number of hydrogen-bond donors (Lipinski definition) is 2.